The molecule has 5 N–H and O–H groups in total. The van der Waals surface area contributed by atoms with E-state index in [0.29, 0.717) is 0 Å². The van der Waals surface area contributed by atoms with Crippen molar-refractivity contribution in [1.82, 2.24) is 0 Å². The van der Waals surface area contributed by atoms with Gasteiger partial charge in [0.25, 0.3) is 0 Å². The first-order valence-corrected chi connectivity index (χ1v) is 4.04. The highest BCUT2D eigenvalue weighted by molar-refractivity contribution is 7.79. The third kappa shape index (κ3) is 5.24. The first kappa shape index (κ1) is 11.0. The van der Waals surface area contributed by atoms with Gasteiger partial charge in [-0.2, -0.15) is 0 Å². The molecule has 11 heavy (non-hydrogen) atoms. The molecule has 0 radical (unpaired) electrons. The fourth-order valence-corrected chi connectivity index (χ4v) is 0.831. The van der Waals surface area contributed by atoms with E-state index in [9.17, 15) is 4.21 Å². The first-order valence-electron chi connectivity index (χ1n) is 2.76. The van der Waals surface area contributed by atoms with E-state index in [1.54, 1.807) is 0 Å². The molecule has 6 nitrogen and oxygen atoms in total. The molecule has 0 bridgehead atoms. The second-order valence-electron chi connectivity index (χ2n) is 2.02. The van der Waals surface area contributed by atoms with Gasteiger partial charge in [-0.15, -0.1) is 0 Å². The summed E-state index contributed by atoms with van der Waals surface area (Å²) in [5.41, 5.74) is 0. The van der Waals surface area contributed by atoms with Crippen LogP contribution in [0.25, 0.3) is 0 Å². The molecule has 0 fully saturated rings. The van der Waals surface area contributed by atoms with Crippen LogP contribution in [0.1, 0.15) is 6.42 Å². The SMILES string of the molecule is O=S(O)CCC(O)C(O)(O)O. The maximum atomic E-state index is 9.99. The summed E-state index contributed by atoms with van der Waals surface area (Å²) >= 11 is -2.11. The van der Waals surface area contributed by atoms with E-state index in [1.165, 1.54) is 0 Å². The van der Waals surface area contributed by atoms with Gasteiger partial charge in [-0.3, -0.25) is 0 Å². The molecule has 2 unspecified atom stereocenters. The Morgan fingerprint density at radius 2 is 1.82 bits per heavy atom. The van der Waals surface area contributed by atoms with Gasteiger partial charge in [0, 0.05) is 0 Å². The van der Waals surface area contributed by atoms with Gasteiger partial charge in [-0.1, -0.05) is 0 Å². The van der Waals surface area contributed by atoms with Crippen LogP contribution in [0.4, 0.5) is 0 Å². The van der Waals surface area contributed by atoms with E-state index < -0.39 is 23.2 Å². The predicted molar refractivity (Wildman–Crippen MR) is 35.6 cm³/mol. The minimum Gasteiger partial charge on any atom is -0.385 e. The second kappa shape index (κ2) is 4.10. The van der Waals surface area contributed by atoms with Crippen molar-refractivity contribution in [2.45, 2.75) is 18.5 Å². The molecular weight excluding hydrogens is 176 g/mol. The van der Waals surface area contributed by atoms with E-state index in [1.807, 2.05) is 0 Å². The summed E-state index contributed by atoms with van der Waals surface area (Å²) in [5.74, 6) is -3.52. The smallest absolute Gasteiger partial charge is 0.303 e. The molecule has 0 saturated carbocycles. The zero-order valence-corrected chi connectivity index (χ0v) is 6.36. The van der Waals surface area contributed by atoms with Crippen molar-refractivity contribution in [3.63, 3.8) is 0 Å². The van der Waals surface area contributed by atoms with Crippen LogP contribution in [0.2, 0.25) is 0 Å². The fourth-order valence-electron chi connectivity index (χ4n) is 0.406. The largest absolute Gasteiger partial charge is 0.385 e. The summed E-state index contributed by atoms with van der Waals surface area (Å²) in [4.78, 5) is 0. The normalized spacial score (nSPS) is 17.9. The first-order chi connectivity index (χ1) is 4.84. The number of hydrogen-bond acceptors (Lipinski definition) is 5. The Kier molecular flexibility index (Phi) is 4.08. The van der Waals surface area contributed by atoms with E-state index >= 15 is 0 Å². The summed E-state index contributed by atoms with van der Waals surface area (Å²) in [6.07, 6.45) is -2.20. The van der Waals surface area contributed by atoms with Crippen LogP contribution in [-0.4, -0.2) is 47.0 Å². The minimum atomic E-state index is -3.20. The third-order valence-corrected chi connectivity index (χ3v) is 1.60. The molecule has 0 amide bonds. The zero-order chi connectivity index (χ0) is 9.07. The molecule has 0 heterocycles. The Bertz CT molecular complexity index is 140. The Morgan fingerprint density at radius 3 is 2.09 bits per heavy atom. The van der Waals surface area contributed by atoms with Crippen LogP contribution in [0.3, 0.4) is 0 Å². The Hall–Kier alpha value is -0.0500. The molecule has 2 atom stereocenters. The molecule has 0 aromatic carbocycles. The van der Waals surface area contributed by atoms with Gasteiger partial charge in [0.15, 0.2) is 11.1 Å². The molecule has 68 valence electrons. The summed E-state index contributed by atoms with van der Waals surface area (Å²) in [6, 6.07) is 0. The van der Waals surface area contributed by atoms with Gasteiger partial charge in [-0.05, 0) is 6.42 Å². The lowest BCUT2D eigenvalue weighted by atomic mass is 10.2. The molecule has 0 aliphatic heterocycles. The van der Waals surface area contributed by atoms with Gasteiger partial charge in [0.05, 0.1) is 5.75 Å². The van der Waals surface area contributed by atoms with Crippen LogP contribution in [0.5, 0.6) is 0 Å². The van der Waals surface area contributed by atoms with Gasteiger partial charge in [-0.25, -0.2) is 4.21 Å². The van der Waals surface area contributed by atoms with E-state index in [2.05, 4.69) is 0 Å². The zero-order valence-electron chi connectivity index (χ0n) is 5.54. The van der Waals surface area contributed by atoms with Gasteiger partial charge in [0.1, 0.15) is 6.10 Å². The summed E-state index contributed by atoms with van der Waals surface area (Å²) in [5, 5.41) is 33.5. The highest BCUT2D eigenvalue weighted by Gasteiger charge is 2.29. The van der Waals surface area contributed by atoms with Crippen molar-refractivity contribution in [3.05, 3.63) is 0 Å². The minimum absolute atomic E-state index is 0.329. The van der Waals surface area contributed by atoms with Gasteiger partial charge < -0.3 is 25.0 Å². The highest BCUT2D eigenvalue weighted by atomic mass is 32.2. The van der Waals surface area contributed by atoms with Crippen molar-refractivity contribution >= 4 is 11.1 Å². The van der Waals surface area contributed by atoms with Crippen molar-refractivity contribution in [2.24, 2.45) is 0 Å². The van der Waals surface area contributed by atoms with Gasteiger partial charge in [0.2, 0.25) is 0 Å². The topological polar surface area (TPSA) is 118 Å². The molecule has 0 aliphatic rings. The highest BCUT2D eigenvalue weighted by Crippen LogP contribution is 2.05. The average Bonchev–Trinajstić information content (AvgIpc) is 1.80. The molecule has 0 saturated heterocycles. The molecule has 0 aliphatic carbocycles. The van der Waals surface area contributed by atoms with Crippen LogP contribution >= 0.6 is 0 Å². The van der Waals surface area contributed by atoms with Crippen LogP contribution in [0.15, 0.2) is 0 Å². The lowest BCUT2D eigenvalue weighted by Gasteiger charge is -2.19. The van der Waals surface area contributed by atoms with E-state index in [-0.39, 0.29) is 12.2 Å². The lowest BCUT2D eigenvalue weighted by molar-refractivity contribution is -0.354. The standard InChI is InChI=1S/C4H10O6S/c5-3(4(6,7)8)1-2-11(9)10/h3,5-8H,1-2H2,(H,9,10). The number of aliphatic hydroxyl groups excluding tert-OH is 1. The number of aliphatic hydroxyl groups is 4. The second-order valence-corrected chi connectivity index (χ2v) is 3.07. The Balaban J connectivity index is 3.70. The summed E-state index contributed by atoms with van der Waals surface area (Å²) < 4.78 is 18.2. The van der Waals surface area contributed by atoms with Crippen molar-refractivity contribution in [3.8, 4) is 0 Å². The summed E-state index contributed by atoms with van der Waals surface area (Å²) in [6.45, 7) is 0. The molecule has 7 heteroatoms. The van der Waals surface area contributed by atoms with Crippen molar-refractivity contribution in [1.29, 1.82) is 0 Å². The molecular formula is C4H10O6S. The Morgan fingerprint density at radius 1 is 1.36 bits per heavy atom. The quantitative estimate of drug-likeness (QED) is 0.246. The summed E-state index contributed by atoms with van der Waals surface area (Å²) in [7, 11) is 0. The fraction of sp³-hybridized carbons (Fsp3) is 1.00. The molecule has 0 spiro atoms. The Labute approximate surface area is 65.4 Å². The number of hydrogen-bond donors (Lipinski definition) is 5. The van der Waals surface area contributed by atoms with Crippen LogP contribution in [-0.2, 0) is 11.1 Å². The van der Waals surface area contributed by atoms with E-state index in [0.717, 1.165) is 0 Å². The maximum absolute atomic E-state index is 9.99. The maximum Gasteiger partial charge on any atom is 0.303 e. The lowest BCUT2D eigenvalue weighted by Crippen LogP contribution is -2.42. The average molecular weight is 186 g/mol. The third-order valence-electron chi connectivity index (χ3n) is 1.01. The van der Waals surface area contributed by atoms with E-state index in [4.69, 9.17) is 25.0 Å². The number of rotatable bonds is 4. The van der Waals surface area contributed by atoms with Crippen molar-refractivity contribution < 1.29 is 29.2 Å². The van der Waals surface area contributed by atoms with Gasteiger partial charge >= 0.3 is 5.97 Å². The monoisotopic (exact) mass is 186 g/mol. The van der Waals surface area contributed by atoms with Crippen molar-refractivity contribution in [2.75, 3.05) is 5.75 Å². The molecule has 0 aromatic heterocycles. The molecule has 0 aromatic rings. The predicted octanol–water partition coefficient (Wildman–Crippen LogP) is -2.41. The van der Waals surface area contributed by atoms with Crippen LogP contribution < -0.4 is 0 Å². The van der Waals surface area contributed by atoms with Crippen LogP contribution in [0, 0.1) is 0 Å². The molecule has 0 rings (SSSR count).